The van der Waals surface area contributed by atoms with E-state index in [1.54, 1.807) is 12.1 Å². The molecule has 2 rings (SSSR count). The second kappa shape index (κ2) is 9.87. The topological polar surface area (TPSA) is 79.6 Å². The normalized spacial score (nSPS) is 12.4. The highest BCUT2D eigenvalue weighted by atomic mass is 32.2. The third kappa shape index (κ3) is 6.29. The van der Waals surface area contributed by atoms with E-state index in [1.165, 1.54) is 17.5 Å². The molecule has 2 amide bonds. The van der Waals surface area contributed by atoms with Gasteiger partial charge in [0.25, 0.3) is 5.91 Å². The fraction of sp³-hybridized carbons (Fsp3) is 0.455. The zero-order chi connectivity index (χ0) is 21.6. The van der Waals surface area contributed by atoms with Gasteiger partial charge in [-0.05, 0) is 23.1 Å². The smallest absolute Gasteiger partial charge is 0.290 e. The summed E-state index contributed by atoms with van der Waals surface area (Å²) in [6.07, 6.45) is 0. The van der Waals surface area contributed by atoms with Gasteiger partial charge in [-0.15, -0.1) is 0 Å². The molecule has 1 aromatic heterocycles. The number of likely N-dealkylation sites (N-methyl/N-ethyl adjacent to an activating group) is 1. The van der Waals surface area contributed by atoms with Crippen molar-refractivity contribution in [1.29, 1.82) is 0 Å². The van der Waals surface area contributed by atoms with Crippen molar-refractivity contribution in [2.75, 3.05) is 31.6 Å². The largest absolute Gasteiger partial charge is 0.451 e. The Labute approximate surface area is 175 Å². The number of carbonyl (C=O) groups is 2. The summed E-state index contributed by atoms with van der Waals surface area (Å²) in [6, 6.07) is 11.4. The molecule has 0 aliphatic rings. The predicted molar refractivity (Wildman–Crippen MR) is 116 cm³/mol. The molecule has 0 saturated heterocycles. The Kier molecular flexibility index (Phi) is 7.79. The van der Waals surface area contributed by atoms with Gasteiger partial charge >= 0.3 is 0 Å². The molecule has 1 unspecified atom stereocenters. The van der Waals surface area contributed by atoms with Crippen LogP contribution in [0.25, 0.3) is 11.3 Å². The van der Waals surface area contributed by atoms with E-state index in [4.69, 9.17) is 4.42 Å². The maximum Gasteiger partial charge on any atom is 0.290 e. The SMILES string of the molecule is CCS(=O)CCN(CC(=O)NC)C(=O)c1ccc(-c2ccc(C(C)(C)C)cc2)o1. The minimum absolute atomic E-state index is 0.0573. The van der Waals surface area contributed by atoms with Crippen molar-refractivity contribution in [2.45, 2.75) is 33.1 Å². The van der Waals surface area contributed by atoms with Gasteiger partial charge in [0.1, 0.15) is 5.76 Å². The minimum Gasteiger partial charge on any atom is -0.451 e. The van der Waals surface area contributed by atoms with Crippen molar-refractivity contribution < 1.29 is 18.2 Å². The molecule has 1 N–H and O–H groups in total. The number of nitrogens with one attached hydrogen (secondary N) is 1. The third-order valence-corrected chi connectivity index (χ3v) is 5.95. The Morgan fingerprint density at radius 2 is 1.76 bits per heavy atom. The molecule has 0 saturated carbocycles. The van der Waals surface area contributed by atoms with E-state index in [9.17, 15) is 13.8 Å². The van der Waals surface area contributed by atoms with Gasteiger partial charge in [-0.25, -0.2) is 0 Å². The Morgan fingerprint density at radius 3 is 2.31 bits per heavy atom. The van der Waals surface area contributed by atoms with Gasteiger partial charge in [-0.1, -0.05) is 52.0 Å². The number of hydrogen-bond acceptors (Lipinski definition) is 4. The van der Waals surface area contributed by atoms with E-state index in [0.29, 0.717) is 17.3 Å². The molecule has 0 spiro atoms. The highest BCUT2D eigenvalue weighted by Crippen LogP contribution is 2.27. The van der Waals surface area contributed by atoms with Crippen molar-refractivity contribution in [3.05, 3.63) is 47.7 Å². The fourth-order valence-corrected chi connectivity index (χ4v) is 3.47. The lowest BCUT2D eigenvalue weighted by molar-refractivity contribution is -0.121. The van der Waals surface area contributed by atoms with Crippen molar-refractivity contribution in [1.82, 2.24) is 10.2 Å². The third-order valence-electron chi connectivity index (χ3n) is 4.66. The Bertz CT molecular complexity index is 866. The van der Waals surface area contributed by atoms with Crippen LogP contribution in [0.1, 0.15) is 43.8 Å². The van der Waals surface area contributed by atoms with E-state index in [1.807, 2.05) is 19.1 Å². The monoisotopic (exact) mass is 418 g/mol. The standard InChI is InChI=1S/C22H30N2O4S/c1-6-29(27)14-13-24(15-20(25)23-5)21(26)19-12-11-18(28-19)16-7-9-17(10-8-16)22(2,3)4/h7-12H,6,13-15H2,1-5H3,(H,23,25). The summed E-state index contributed by atoms with van der Waals surface area (Å²) in [5, 5.41) is 2.51. The molecule has 0 aliphatic carbocycles. The van der Waals surface area contributed by atoms with Gasteiger partial charge in [-0.2, -0.15) is 0 Å². The molecule has 6 nitrogen and oxygen atoms in total. The number of benzene rings is 1. The van der Waals surface area contributed by atoms with Crippen LogP contribution in [0.15, 0.2) is 40.8 Å². The first-order valence-electron chi connectivity index (χ1n) is 9.71. The van der Waals surface area contributed by atoms with Crippen LogP contribution in [0.2, 0.25) is 0 Å². The molecule has 1 atom stereocenters. The molecule has 1 aromatic carbocycles. The summed E-state index contributed by atoms with van der Waals surface area (Å²) in [5.74, 6) is 0.903. The van der Waals surface area contributed by atoms with Crippen molar-refractivity contribution in [3.8, 4) is 11.3 Å². The molecule has 2 aromatic rings. The molecule has 29 heavy (non-hydrogen) atoms. The summed E-state index contributed by atoms with van der Waals surface area (Å²) >= 11 is 0. The van der Waals surface area contributed by atoms with Gasteiger partial charge in [0.2, 0.25) is 5.91 Å². The van der Waals surface area contributed by atoms with Crippen molar-refractivity contribution in [2.24, 2.45) is 0 Å². The summed E-state index contributed by atoms with van der Waals surface area (Å²) in [7, 11) is 0.488. The maximum absolute atomic E-state index is 12.9. The van der Waals surface area contributed by atoms with Gasteiger partial charge in [0.15, 0.2) is 5.76 Å². The van der Waals surface area contributed by atoms with Crippen molar-refractivity contribution in [3.63, 3.8) is 0 Å². The van der Waals surface area contributed by atoms with E-state index >= 15 is 0 Å². The van der Waals surface area contributed by atoms with Crippen LogP contribution in [0, 0.1) is 0 Å². The maximum atomic E-state index is 12.9. The first-order chi connectivity index (χ1) is 13.7. The summed E-state index contributed by atoms with van der Waals surface area (Å²) in [6.45, 7) is 8.40. The van der Waals surface area contributed by atoms with Crippen LogP contribution >= 0.6 is 0 Å². The molecule has 0 fully saturated rings. The minimum atomic E-state index is -1.03. The molecular weight excluding hydrogens is 388 g/mol. The molecule has 7 heteroatoms. The quantitative estimate of drug-likeness (QED) is 0.714. The second-order valence-corrected chi connectivity index (χ2v) is 9.69. The number of hydrogen-bond donors (Lipinski definition) is 1. The summed E-state index contributed by atoms with van der Waals surface area (Å²) in [5.41, 5.74) is 2.15. The predicted octanol–water partition coefficient (Wildman–Crippen LogP) is 3.20. The highest BCUT2D eigenvalue weighted by molar-refractivity contribution is 7.84. The second-order valence-electron chi connectivity index (χ2n) is 7.82. The number of carbonyl (C=O) groups excluding carboxylic acids is 2. The molecule has 158 valence electrons. The Morgan fingerprint density at radius 1 is 1.10 bits per heavy atom. The summed E-state index contributed by atoms with van der Waals surface area (Å²) in [4.78, 5) is 26.1. The average molecular weight is 419 g/mol. The first kappa shape index (κ1) is 22.9. The molecule has 0 bridgehead atoms. The van der Waals surface area contributed by atoms with E-state index in [-0.39, 0.29) is 36.1 Å². The average Bonchev–Trinajstić information content (AvgIpc) is 3.19. The highest BCUT2D eigenvalue weighted by Gasteiger charge is 2.22. The Hall–Kier alpha value is -2.41. The van der Waals surface area contributed by atoms with Gasteiger partial charge in [0, 0.05) is 41.5 Å². The zero-order valence-electron chi connectivity index (χ0n) is 17.8. The van der Waals surface area contributed by atoms with Crippen LogP contribution in [0.5, 0.6) is 0 Å². The number of furan rings is 1. The first-order valence-corrected chi connectivity index (χ1v) is 11.2. The van der Waals surface area contributed by atoms with Crippen LogP contribution in [-0.4, -0.2) is 52.6 Å². The van der Waals surface area contributed by atoms with Crippen molar-refractivity contribution >= 4 is 22.6 Å². The van der Waals surface area contributed by atoms with Crippen LogP contribution < -0.4 is 5.32 Å². The van der Waals surface area contributed by atoms with Crippen LogP contribution in [0.4, 0.5) is 0 Å². The zero-order valence-corrected chi connectivity index (χ0v) is 18.6. The fourth-order valence-electron chi connectivity index (χ4n) is 2.76. The van der Waals surface area contributed by atoms with E-state index in [0.717, 1.165) is 5.56 Å². The lowest BCUT2D eigenvalue weighted by Gasteiger charge is -2.20. The van der Waals surface area contributed by atoms with Gasteiger partial charge in [-0.3, -0.25) is 13.8 Å². The number of nitrogens with zero attached hydrogens (tertiary/aromatic N) is 1. The lowest BCUT2D eigenvalue weighted by Crippen LogP contribution is -2.41. The van der Waals surface area contributed by atoms with Crippen LogP contribution in [0.3, 0.4) is 0 Å². The van der Waals surface area contributed by atoms with Crippen LogP contribution in [-0.2, 0) is 21.0 Å². The molecule has 1 heterocycles. The van der Waals surface area contributed by atoms with E-state index in [2.05, 4.69) is 38.2 Å². The molecular formula is C22H30N2O4S. The molecule has 0 radical (unpaired) electrons. The molecule has 0 aliphatic heterocycles. The number of amides is 2. The Balaban J connectivity index is 2.19. The number of rotatable bonds is 8. The summed E-state index contributed by atoms with van der Waals surface area (Å²) < 4.78 is 17.6. The van der Waals surface area contributed by atoms with E-state index < -0.39 is 10.8 Å². The van der Waals surface area contributed by atoms with Gasteiger partial charge in [0.05, 0.1) is 6.54 Å². The lowest BCUT2D eigenvalue weighted by atomic mass is 9.86. The van der Waals surface area contributed by atoms with Gasteiger partial charge < -0.3 is 14.6 Å².